The number of amides is 1. The maximum Gasteiger partial charge on any atom is 0.222 e. The van der Waals surface area contributed by atoms with Gasteiger partial charge >= 0.3 is 0 Å². The summed E-state index contributed by atoms with van der Waals surface area (Å²) in [6.45, 7) is 1.94. The average Bonchev–Trinajstić information content (AvgIpc) is 2.65. The van der Waals surface area contributed by atoms with Gasteiger partial charge in [0.1, 0.15) is 0 Å². The van der Waals surface area contributed by atoms with E-state index in [0.29, 0.717) is 19.5 Å². The number of carbonyl (C=O) groups is 1. The summed E-state index contributed by atoms with van der Waals surface area (Å²) in [7, 11) is 0. The largest absolute Gasteiger partial charge is 0.338 e. The van der Waals surface area contributed by atoms with Crippen LogP contribution in [0.3, 0.4) is 0 Å². The molecule has 1 fully saturated rings. The average molecular weight is 205 g/mol. The fourth-order valence-electron chi connectivity index (χ4n) is 1.88. The summed E-state index contributed by atoms with van der Waals surface area (Å²) in [5.74, 6) is 0.238. The van der Waals surface area contributed by atoms with Crippen LogP contribution in [0.2, 0.25) is 0 Å². The van der Waals surface area contributed by atoms with Crippen molar-refractivity contribution >= 4 is 5.91 Å². The van der Waals surface area contributed by atoms with Crippen LogP contribution >= 0.6 is 0 Å². The van der Waals surface area contributed by atoms with Gasteiger partial charge in [0.15, 0.2) is 0 Å². The van der Waals surface area contributed by atoms with Crippen molar-refractivity contribution in [3.05, 3.63) is 29.6 Å². The summed E-state index contributed by atoms with van der Waals surface area (Å²) in [5.41, 5.74) is 7.54. The summed E-state index contributed by atoms with van der Waals surface area (Å²) in [6.07, 6.45) is 3.38. The number of likely N-dealkylation sites (tertiary alicyclic amines) is 1. The van der Waals surface area contributed by atoms with Crippen molar-refractivity contribution < 1.29 is 4.79 Å². The summed E-state index contributed by atoms with van der Waals surface area (Å²) >= 11 is 0. The van der Waals surface area contributed by atoms with E-state index < -0.39 is 0 Å². The lowest BCUT2D eigenvalue weighted by molar-refractivity contribution is -0.128. The van der Waals surface area contributed by atoms with Crippen molar-refractivity contribution in [2.24, 2.45) is 5.73 Å². The molecule has 1 aromatic heterocycles. The zero-order chi connectivity index (χ0) is 10.7. The Morgan fingerprint density at radius 1 is 1.53 bits per heavy atom. The van der Waals surface area contributed by atoms with Crippen LogP contribution in [-0.4, -0.2) is 22.3 Å². The summed E-state index contributed by atoms with van der Waals surface area (Å²) in [5, 5.41) is 0. The van der Waals surface area contributed by atoms with E-state index in [1.807, 2.05) is 17.0 Å². The van der Waals surface area contributed by atoms with E-state index in [1.54, 1.807) is 6.20 Å². The van der Waals surface area contributed by atoms with Gasteiger partial charge in [-0.1, -0.05) is 6.07 Å². The van der Waals surface area contributed by atoms with E-state index in [2.05, 4.69) is 4.98 Å². The lowest BCUT2D eigenvalue weighted by atomic mass is 10.2. The Balaban J connectivity index is 2.12. The molecule has 1 saturated heterocycles. The van der Waals surface area contributed by atoms with Crippen LogP contribution in [0.25, 0.3) is 0 Å². The number of hydrogen-bond donors (Lipinski definition) is 1. The summed E-state index contributed by atoms with van der Waals surface area (Å²) in [6, 6.07) is 3.87. The van der Waals surface area contributed by atoms with Crippen molar-refractivity contribution in [3.63, 3.8) is 0 Å². The van der Waals surface area contributed by atoms with Gasteiger partial charge in [0, 0.05) is 32.3 Å². The molecule has 80 valence electrons. The van der Waals surface area contributed by atoms with Gasteiger partial charge in [0.05, 0.1) is 5.69 Å². The van der Waals surface area contributed by atoms with Crippen molar-refractivity contribution in [3.8, 4) is 0 Å². The summed E-state index contributed by atoms with van der Waals surface area (Å²) < 4.78 is 0. The van der Waals surface area contributed by atoms with Crippen LogP contribution in [0.15, 0.2) is 18.3 Å². The Morgan fingerprint density at radius 3 is 3.07 bits per heavy atom. The summed E-state index contributed by atoms with van der Waals surface area (Å²) in [4.78, 5) is 17.5. The molecule has 15 heavy (non-hydrogen) atoms. The molecule has 0 atom stereocenters. The number of pyridine rings is 1. The van der Waals surface area contributed by atoms with Crippen LogP contribution in [0.5, 0.6) is 0 Å². The van der Waals surface area contributed by atoms with E-state index in [9.17, 15) is 4.79 Å². The highest BCUT2D eigenvalue weighted by Crippen LogP contribution is 2.15. The van der Waals surface area contributed by atoms with Gasteiger partial charge in [0.2, 0.25) is 5.91 Å². The third kappa shape index (κ3) is 2.15. The fourth-order valence-corrected chi connectivity index (χ4v) is 1.88. The standard InChI is InChI=1S/C11H15N3O/c12-7-10-9(3-1-5-13-10)8-14-6-2-4-11(14)15/h1,3,5H,2,4,6-8,12H2. The highest BCUT2D eigenvalue weighted by Gasteiger charge is 2.20. The molecule has 0 unspecified atom stereocenters. The highest BCUT2D eigenvalue weighted by atomic mass is 16.2. The van der Waals surface area contributed by atoms with E-state index in [4.69, 9.17) is 5.73 Å². The predicted molar refractivity (Wildman–Crippen MR) is 56.8 cm³/mol. The van der Waals surface area contributed by atoms with E-state index >= 15 is 0 Å². The Morgan fingerprint density at radius 2 is 2.40 bits per heavy atom. The zero-order valence-corrected chi connectivity index (χ0v) is 8.65. The molecular formula is C11H15N3O. The van der Waals surface area contributed by atoms with E-state index in [-0.39, 0.29) is 5.91 Å². The molecule has 1 aromatic rings. The van der Waals surface area contributed by atoms with Gasteiger partial charge in [-0.25, -0.2) is 0 Å². The van der Waals surface area contributed by atoms with Crippen molar-refractivity contribution in [2.45, 2.75) is 25.9 Å². The third-order valence-corrected chi connectivity index (χ3v) is 2.71. The number of aromatic nitrogens is 1. The van der Waals surface area contributed by atoms with Gasteiger partial charge < -0.3 is 10.6 Å². The molecule has 0 bridgehead atoms. The molecule has 1 aliphatic rings. The maximum absolute atomic E-state index is 11.5. The number of rotatable bonds is 3. The molecule has 4 heteroatoms. The van der Waals surface area contributed by atoms with Gasteiger partial charge in [-0.3, -0.25) is 9.78 Å². The Bertz CT molecular complexity index is 365. The lowest BCUT2D eigenvalue weighted by Crippen LogP contribution is -2.25. The predicted octanol–water partition coefficient (Wildman–Crippen LogP) is 0.663. The Labute approximate surface area is 89.1 Å². The minimum Gasteiger partial charge on any atom is -0.338 e. The topological polar surface area (TPSA) is 59.2 Å². The van der Waals surface area contributed by atoms with Crippen LogP contribution in [-0.2, 0) is 17.9 Å². The van der Waals surface area contributed by atoms with Gasteiger partial charge in [0.25, 0.3) is 0 Å². The van der Waals surface area contributed by atoms with Gasteiger partial charge in [-0.15, -0.1) is 0 Å². The number of carbonyl (C=O) groups excluding carboxylic acids is 1. The smallest absolute Gasteiger partial charge is 0.222 e. The van der Waals surface area contributed by atoms with Crippen molar-refractivity contribution in [1.82, 2.24) is 9.88 Å². The maximum atomic E-state index is 11.5. The molecule has 1 aliphatic heterocycles. The molecule has 2 heterocycles. The van der Waals surface area contributed by atoms with Gasteiger partial charge in [-0.2, -0.15) is 0 Å². The molecule has 0 aromatic carbocycles. The zero-order valence-electron chi connectivity index (χ0n) is 8.65. The van der Waals surface area contributed by atoms with E-state index in [1.165, 1.54) is 0 Å². The van der Waals surface area contributed by atoms with Gasteiger partial charge in [-0.05, 0) is 18.1 Å². The van der Waals surface area contributed by atoms with Crippen molar-refractivity contribution in [1.29, 1.82) is 0 Å². The Hall–Kier alpha value is -1.42. The van der Waals surface area contributed by atoms with Crippen LogP contribution in [0, 0.1) is 0 Å². The first-order chi connectivity index (χ1) is 7.31. The third-order valence-electron chi connectivity index (χ3n) is 2.71. The second-order valence-electron chi connectivity index (χ2n) is 3.73. The molecule has 0 saturated carbocycles. The lowest BCUT2D eigenvalue weighted by Gasteiger charge is -2.16. The molecule has 0 radical (unpaired) electrons. The van der Waals surface area contributed by atoms with Crippen molar-refractivity contribution in [2.75, 3.05) is 6.54 Å². The van der Waals surface area contributed by atoms with E-state index in [0.717, 1.165) is 24.2 Å². The molecular weight excluding hydrogens is 190 g/mol. The Kier molecular flexibility index (Phi) is 2.97. The van der Waals surface area contributed by atoms with Crippen LogP contribution < -0.4 is 5.73 Å². The molecule has 0 aliphatic carbocycles. The minimum atomic E-state index is 0.238. The number of hydrogen-bond acceptors (Lipinski definition) is 3. The van der Waals surface area contributed by atoms with Crippen LogP contribution in [0.4, 0.5) is 0 Å². The first-order valence-electron chi connectivity index (χ1n) is 5.22. The minimum absolute atomic E-state index is 0.238. The monoisotopic (exact) mass is 205 g/mol. The molecule has 0 spiro atoms. The first-order valence-corrected chi connectivity index (χ1v) is 5.22. The van der Waals surface area contributed by atoms with Crippen LogP contribution in [0.1, 0.15) is 24.1 Å². The fraction of sp³-hybridized carbons (Fsp3) is 0.455. The number of nitrogens with zero attached hydrogens (tertiary/aromatic N) is 2. The molecule has 4 nitrogen and oxygen atoms in total. The highest BCUT2D eigenvalue weighted by molar-refractivity contribution is 5.78. The molecule has 1 amide bonds. The second kappa shape index (κ2) is 4.40. The normalized spacial score (nSPS) is 16.1. The quantitative estimate of drug-likeness (QED) is 0.788. The number of nitrogens with two attached hydrogens (primary N) is 1. The SMILES string of the molecule is NCc1ncccc1CN1CCCC1=O. The first kappa shape index (κ1) is 10.1. The molecule has 2 rings (SSSR count). The second-order valence-corrected chi connectivity index (χ2v) is 3.73. The molecule has 2 N–H and O–H groups in total.